The Labute approximate surface area is 96.4 Å². The molecule has 3 rings (SSSR count). The van der Waals surface area contributed by atoms with Gasteiger partial charge in [-0.1, -0.05) is 6.07 Å². The van der Waals surface area contributed by atoms with E-state index < -0.39 is 0 Å². The molecule has 0 saturated heterocycles. The molecule has 0 saturated carbocycles. The molecule has 84 valence electrons. The fraction of sp³-hybridized carbons (Fsp3) is 0. The zero-order valence-electron chi connectivity index (χ0n) is 8.78. The fourth-order valence-electron chi connectivity index (χ4n) is 1.70. The topological polar surface area (TPSA) is 89.8 Å². The number of nitrogen functional groups attached to an aromatic ring is 1. The van der Waals surface area contributed by atoms with Crippen LogP contribution in [0.3, 0.4) is 0 Å². The van der Waals surface area contributed by atoms with Gasteiger partial charge in [0.15, 0.2) is 5.82 Å². The number of hydrogen-bond acceptors (Lipinski definition) is 5. The summed E-state index contributed by atoms with van der Waals surface area (Å²) in [5, 5.41) is 15.3. The van der Waals surface area contributed by atoms with Crippen molar-refractivity contribution in [3.63, 3.8) is 0 Å². The first kappa shape index (κ1) is 9.59. The standard InChI is InChI=1S/C11H9N5O/c12-11-14-6-16(15-11)10-9-5-8(17)2-1-7(9)3-4-13-10/h1-6,17H,(H2,12,15). The number of anilines is 1. The number of aromatic hydroxyl groups is 1. The van der Waals surface area contributed by atoms with Gasteiger partial charge in [-0.25, -0.2) is 9.97 Å². The van der Waals surface area contributed by atoms with Gasteiger partial charge in [-0.3, -0.25) is 0 Å². The van der Waals surface area contributed by atoms with Crippen LogP contribution in [-0.2, 0) is 0 Å². The molecule has 6 heteroatoms. The van der Waals surface area contributed by atoms with E-state index in [1.54, 1.807) is 18.3 Å². The predicted octanol–water partition coefficient (Wildman–Crippen LogP) is 1.10. The highest BCUT2D eigenvalue weighted by Gasteiger charge is 2.07. The Morgan fingerprint density at radius 2 is 2.06 bits per heavy atom. The number of rotatable bonds is 1. The van der Waals surface area contributed by atoms with E-state index in [9.17, 15) is 5.11 Å². The largest absolute Gasteiger partial charge is 0.508 e. The Morgan fingerprint density at radius 1 is 1.18 bits per heavy atom. The van der Waals surface area contributed by atoms with Gasteiger partial charge in [0.2, 0.25) is 5.95 Å². The molecule has 0 fully saturated rings. The molecular weight excluding hydrogens is 218 g/mol. The van der Waals surface area contributed by atoms with Crippen molar-refractivity contribution in [3.05, 3.63) is 36.8 Å². The van der Waals surface area contributed by atoms with Crippen LogP contribution in [0.2, 0.25) is 0 Å². The Morgan fingerprint density at radius 3 is 2.82 bits per heavy atom. The molecule has 0 radical (unpaired) electrons. The summed E-state index contributed by atoms with van der Waals surface area (Å²) in [5.41, 5.74) is 5.47. The SMILES string of the molecule is Nc1ncn(-c2nccc3ccc(O)cc23)n1. The van der Waals surface area contributed by atoms with Crippen molar-refractivity contribution in [1.29, 1.82) is 0 Å². The van der Waals surface area contributed by atoms with Crippen LogP contribution in [0.4, 0.5) is 5.95 Å². The average molecular weight is 227 g/mol. The number of pyridine rings is 1. The predicted molar refractivity (Wildman–Crippen MR) is 62.7 cm³/mol. The van der Waals surface area contributed by atoms with E-state index in [2.05, 4.69) is 15.1 Å². The molecular formula is C11H9N5O. The van der Waals surface area contributed by atoms with Crippen LogP contribution in [0.5, 0.6) is 5.75 Å². The minimum Gasteiger partial charge on any atom is -0.508 e. The summed E-state index contributed by atoms with van der Waals surface area (Å²) in [6.45, 7) is 0. The van der Waals surface area contributed by atoms with Crippen LogP contribution >= 0.6 is 0 Å². The minimum absolute atomic E-state index is 0.180. The molecule has 6 nitrogen and oxygen atoms in total. The van der Waals surface area contributed by atoms with E-state index in [4.69, 9.17) is 5.73 Å². The van der Waals surface area contributed by atoms with Crippen molar-refractivity contribution >= 4 is 16.7 Å². The van der Waals surface area contributed by atoms with Crippen molar-refractivity contribution in [3.8, 4) is 11.6 Å². The zero-order valence-corrected chi connectivity index (χ0v) is 8.78. The Balaban J connectivity index is 2.32. The van der Waals surface area contributed by atoms with Gasteiger partial charge >= 0.3 is 0 Å². The number of phenols is 1. The summed E-state index contributed by atoms with van der Waals surface area (Å²) < 4.78 is 1.48. The Bertz CT molecular complexity index is 691. The van der Waals surface area contributed by atoms with E-state index in [0.29, 0.717) is 5.82 Å². The number of phenolic OH excluding ortho intramolecular Hbond substituents is 1. The second-order valence-corrected chi connectivity index (χ2v) is 3.59. The Hall–Kier alpha value is -2.63. The highest BCUT2D eigenvalue weighted by Crippen LogP contribution is 2.23. The van der Waals surface area contributed by atoms with Crippen LogP contribution in [-0.4, -0.2) is 24.9 Å². The first-order chi connectivity index (χ1) is 8.24. The van der Waals surface area contributed by atoms with Gasteiger partial charge in [-0.2, -0.15) is 4.68 Å². The molecule has 0 aliphatic carbocycles. The first-order valence-electron chi connectivity index (χ1n) is 4.99. The Kier molecular flexibility index (Phi) is 1.94. The van der Waals surface area contributed by atoms with Crippen molar-refractivity contribution in [2.75, 3.05) is 5.73 Å². The maximum absolute atomic E-state index is 9.51. The molecule has 3 N–H and O–H groups in total. The third-order valence-electron chi connectivity index (χ3n) is 2.46. The number of nitrogens with two attached hydrogens (primary N) is 1. The second-order valence-electron chi connectivity index (χ2n) is 3.59. The summed E-state index contributed by atoms with van der Waals surface area (Å²) in [7, 11) is 0. The van der Waals surface area contributed by atoms with Gasteiger partial charge in [0, 0.05) is 11.6 Å². The van der Waals surface area contributed by atoms with Gasteiger partial charge in [0.25, 0.3) is 0 Å². The van der Waals surface area contributed by atoms with Crippen molar-refractivity contribution < 1.29 is 5.11 Å². The number of hydrogen-bond donors (Lipinski definition) is 2. The van der Waals surface area contributed by atoms with Gasteiger partial charge < -0.3 is 10.8 Å². The monoisotopic (exact) mass is 227 g/mol. The van der Waals surface area contributed by atoms with Gasteiger partial charge in [-0.15, -0.1) is 5.10 Å². The zero-order chi connectivity index (χ0) is 11.8. The molecule has 0 atom stereocenters. The van der Waals surface area contributed by atoms with E-state index in [-0.39, 0.29) is 11.7 Å². The number of fused-ring (bicyclic) bond motifs is 1. The lowest BCUT2D eigenvalue weighted by molar-refractivity contribution is 0.476. The lowest BCUT2D eigenvalue weighted by Gasteiger charge is -2.04. The molecule has 3 aromatic rings. The van der Waals surface area contributed by atoms with E-state index in [1.807, 2.05) is 12.1 Å². The molecule has 0 unspecified atom stereocenters. The van der Waals surface area contributed by atoms with Crippen molar-refractivity contribution in [1.82, 2.24) is 19.7 Å². The summed E-state index contributed by atoms with van der Waals surface area (Å²) in [6, 6.07) is 6.94. The number of nitrogens with zero attached hydrogens (tertiary/aromatic N) is 4. The van der Waals surface area contributed by atoms with Crippen molar-refractivity contribution in [2.24, 2.45) is 0 Å². The molecule has 0 amide bonds. The van der Waals surface area contributed by atoms with Gasteiger partial charge in [0.05, 0.1) is 0 Å². The van der Waals surface area contributed by atoms with Crippen LogP contribution in [0, 0.1) is 0 Å². The summed E-state index contributed by atoms with van der Waals surface area (Å²) >= 11 is 0. The molecule has 0 aliphatic rings. The molecule has 0 spiro atoms. The normalized spacial score (nSPS) is 10.8. The summed E-state index contributed by atoms with van der Waals surface area (Å²) in [5.74, 6) is 0.950. The lowest BCUT2D eigenvalue weighted by atomic mass is 10.1. The number of benzene rings is 1. The molecule has 1 aromatic carbocycles. The smallest absolute Gasteiger partial charge is 0.239 e. The average Bonchev–Trinajstić information content (AvgIpc) is 2.75. The van der Waals surface area contributed by atoms with Crippen LogP contribution < -0.4 is 5.73 Å². The number of aromatic nitrogens is 4. The summed E-state index contributed by atoms with van der Waals surface area (Å²) in [4.78, 5) is 8.07. The van der Waals surface area contributed by atoms with Crippen molar-refractivity contribution in [2.45, 2.75) is 0 Å². The fourth-order valence-corrected chi connectivity index (χ4v) is 1.70. The van der Waals surface area contributed by atoms with Gasteiger partial charge in [0.1, 0.15) is 12.1 Å². The van der Waals surface area contributed by atoms with Crippen LogP contribution in [0.25, 0.3) is 16.6 Å². The van der Waals surface area contributed by atoms with Crippen LogP contribution in [0.15, 0.2) is 36.8 Å². The lowest BCUT2D eigenvalue weighted by Crippen LogP contribution is -1.99. The second kappa shape index (κ2) is 3.44. The maximum Gasteiger partial charge on any atom is 0.239 e. The molecule has 0 aliphatic heterocycles. The van der Waals surface area contributed by atoms with Crippen LogP contribution in [0.1, 0.15) is 0 Å². The molecule has 2 aromatic heterocycles. The highest BCUT2D eigenvalue weighted by atomic mass is 16.3. The third-order valence-corrected chi connectivity index (χ3v) is 2.46. The first-order valence-corrected chi connectivity index (χ1v) is 4.99. The molecule has 0 bridgehead atoms. The third kappa shape index (κ3) is 1.55. The minimum atomic E-state index is 0.180. The quantitative estimate of drug-likeness (QED) is 0.649. The highest BCUT2D eigenvalue weighted by molar-refractivity contribution is 5.89. The van der Waals surface area contributed by atoms with E-state index >= 15 is 0 Å². The molecule has 2 heterocycles. The summed E-state index contributed by atoms with van der Waals surface area (Å²) in [6.07, 6.45) is 3.16. The molecule has 17 heavy (non-hydrogen) atoms. The van der Waals surface area contributed by atoms with Gasteiger partial charge in [-0.05, 0) is 23.6 Å². The maximum atomic E-state index is 9.51. The van der Waals surface area contributed by atoms with E-state index in [0.717, 1.165) is 10.8 Å². The van der Waals surface area contributed by atoms with E-state index in [1.165, 1.54) is 11.0 Å².